The van der Waals surface area contributed by atoms with Gasteiger partial charge in [0.05, 0.1) is 10.8 Å². The molecule has 1 aliphatic rings. The predicted octanol–water partition coefficient (Wildman–Crippen LogP) is 6.01. The fourth-order valence-corrected chi connectivity index (χ4v) is 4.80. The summed E-state index contributed by atoms with van der Waals surface area (Å²) in [7, 11) is 0. The average Bonchev–Trinajstić information content (AvgIpc) is 3.10. The molecule has 1 aromatic heterocycles. The number of benzene rings is 1. The molecule has 8 heteroatoms. The van der Waals surface area contributed by atoms with Crippen molar-refractivity contribution in [1.82, 2.24) is 20.1 Å². The maximum atomic E-state index is 12.4. The summed E-state index contributed by atoms with van der Waals surface area (Å²) in [5.41, 5.74) is 0.818. The van der Waals surface area contributed by atoms with Crippen LogP contribution in [-0.4, -0.2) is 32.5 Å². The Morgan fingerprint density at radius 1 is 1.21 bits per heavy atom. The molecule has 1 aromatic carbocycles. The summed E-state index contributed by atoms with van der Waals surface area (Å²) in [6.07, 6.45) is 5.80. The fourth-order valence-electron chi connectivity index (χ4n) is 3.49. The van der Waals surface area contributed by atoms with Crippen LogP contribution < -0.4 is 5.32 Å². The molecule has 0 bridgehead atoms. The molecule has 0 aliphatic heterocycles. The number of hydrogen-bond acceptors (Lipinski definition) is 4. The second kappa shape index (κ2) is 10.2. The molecule has 0 radical (unpaired) electrons. The van der Waals surface area contributed by atoms with E-state index in [-0.39, 0.29) is 11.9 Å². The van der Waals surface area contributed by atoms with E-state index in [1.807, 2.05) is 19.1 Å². The third-order valence-corrected chi connectivity index (χ3v) is 6.99. The zero-order valence-corrected chi connectivity index (χ0v) is 19.4. The summed E-state index contributed by atoms with van der Waals surface area (Å²) in [6.45, 7) is 6.22. The summed E-state index contributed by atoms with van der Waals surface area (Å²) in [5.74, 6) is 1.47. The molecule has 1 N–H and O–H groups in total. The molecule has 2 aromatic rings. The highest BCUT2D eigenvalue weighted by molar-refractivity contribution is 7.99. The third kappa shape index (κ3) is 5.68. The lowest BCUT2D eigenvalue weighted by Gasteiger charge is -2.26. The minimum Gasteiger partial charge on any atom is -0.353 e. The van der Waals surface area contributed by atoms with E-state index in [0.717, 1.165) is 29.4 Å². The number of aromatic nitrogens is 3. The van der Waals surface area contributed by atoms with E-state index < -0.39 is 0 Å². The summed E-state index contributed by atoms with van der Waals surface area (Å²) in [5, 5.41) is 13.8. The Kier molecular flexibility index (Phi) is 7.88. The van der Waals surface area contributed by atoms with E-state index in [0.29, 0.717) is 27.8 Å². The van der Waals surface area contributed by atoms with Gasteiger partial charge in [0.1, 0.15) is 0 Å². The molecule has 0 saturated heterocycles. The van der Waals surface area contributed by atoms with Gasteiger partial charge in [0, 0.05) is 22.7 Å². The summed E-state index contributed by atoms with van der Waals surface area (Å²) in [4.78, 5) is 12.4. The Balaban J connectivity index is 1.85. The van der Waals surface area contributed by atoms with Crippen LogP contribution in [0, 0.1) is 5.92 Å². The van der Waals surface area contributed by atoms with E-state index in [2.05, 4.69) is 33.9 Å². The number of hydrogen-bond donors (Lipinski definition) is 1. The SMILES string of the molecule is CC(C)[C@@H](C)NC(=O)CSc1nnc(-c2ccc(Cl)cc2Cl)n1C1CCCCC1. The smallest absolute Gasteiger partial charge is 0.230 e. The van der Waals surface area contributed by atoms with Gasteiger partial charge in [-0.1, -0.05) is 68.1 Å². The van der Waals surface area contributed by atoms with Crippen LogP contribution in [0.15, 0.2) is 23.4 Å². The van der Waals surface area contributed by atoms with E-state index in [4.69, 9.17) is 23.2 Å². The van der Waals surface area contributed by atoms with Crippen molar-refractivity contribution in [3.05, 3.63) is 28.2 Å². The Hall–Kier alpha value is -1.24. The average molecular weight is 455 g/mol. The summed E-state index contributed by atoms with van der Waals surface area (Å²) < 4.78 is 2.18. The molecule has 1 aliphatic carbocycles. The number of amides is 1. The molecule has 0 unspecified atom stereocenters. The van der Waals surface area contributed by atoms with Gasteiger partial charge in [-0.05, 0) is 43.9 Å². The highest BCUT2D eigenvalue weighted by Gasteiger charge is 2.25. The summed E-state index contributed by atoms with van der Waals surface area (Å²) in [6, 6.07) is 5.89. The second-order valence-corrected chi connectivity index (χ2v) is 9.77. The minimum atomic E-state index is 0.0143. The number of nitrogens with one attached hydrogen (secondary N) is 1. The quantitative estimate of drug-likeness (QED) is 0.520. The van der Waals surface area contributed by atoms with Gasteiger partial charge in [0.15, 0.2) is 11.0 Å². The van der Waals surface area contributed by atoms with E-state index in [1.165, 1.54) is 31.0 Å². The van der Waals surface area contributed by atoms with Crippen molar-refractivity contribution < 1.29 is 4.79 Å². The van der Waals surface area contributed by atoms with Crippen LogP contribution in [0.25, 0.3) is 11.4 Å². The largest absolute Gasteiger partial charge is 0.353 e. The third-order valence-electron chi connectivity index (χ3n) is 5.50. The van der Waals surface area contributed by atoms with E-state index >= 15 is 0 Å². The molecule has 29 heavy (non-hydrogen) atoms. The molecular weight excluding hydrogens is 427 g/mol. The number of thioether (sulfide) groups is 1. The van der Waals surface area contributed by atoms with Crippen LogP contribution in [0.3, 0.4) is 0 Å². The zero-order valence-electron chi connectivity index (χ0n) is 17.1. The van der Waals surface area contributed by atoms with Gasteiger partial charge in [-0.15, -0.1) is 10.2 Å². The molecule has 1 amide bonds. The number of nitrogens with zero attached hydrogens (tertiary/aromatic N) is 3. The van der Waals surface area contributed by atoms with Crippen LogP contribution in [0.4, 0.5) is 0 Å². The van der Waals surface area contributed by atoms with Crippen molar-refractivity contribution in [2.75, 3.05) is 5.75 Å². The van der Waals surface area contributed by atoms with Crippen molar-refractivity contribution in [3.63, 3.8) is 0 Å². The van der Waals surface area contributed by atoms with Crippen molar-refractivity contribution >= 4 is 40.9 Å². The topological polar surface area (TPSA) is 59.8 Å². The van der Waals surface area contributed by atoms with E-state index in [9.17, 15) is 4.79 Å². The molecule has 1 fully saturated rings. The first-order chi connectivity index (χ1) is 13.9. The fraction of sp³-hybridized carbons (Fsp3) is 0.571. The van der Waals surface area contributed by atoms with Gasteiger partial charge in [0.2, 0.25) is 5.91 Å². The Morgan fingerprint density at radius 3 is 2.59 bits per heavy atom. The second-order valence-electron chi connectivity index (χ2n) is 7.98. The maximum Gasteiger partial charge on any atom is 0.230 e. The summed E-state index contributed by atoms with van der Waals surface area (Å²) >= 11 is 14.0. The molecule has 0 spiro atoms. The Bertz CT molecular complexity index is 849. The first-order valence-electron chi connectivity index (χ1n) is 10.2. The van der Waals surface area contributed by atoms with Gasteiger partial charge in [-0.25, -0.2) is 0 Å². The number of carbonyl (C=O) groups is 1. The van der Waals surface area contributed by atoms with Crippen LogP contribution in [-0.2, 0) is 4.79 Å². The monoisotopic (exact) mass is 454 g/mol. The van der Waals surface area contributed by atoms with Crippen molar-refractivity contribution in [2.24, 2.45) is 5.92 Å². The van der Waals surface area contributed by atoms with E-state index in [1.54, 1.807) is 6.07 Å². The van der Waals surface area contributed by atoms with Crippen LogP contribution in [0.5, 0.6) is 0 Å². The number of halogens is 2. The predicted molar refractivity (Wildman–Crippen MR) is 121 cm³/mol. The van der Waals surface area contributed by atoms with Gasteiger partial charge in [-0.3, -0.25) is 9.36 Å². The molecule has 3 rings (SSSR count). The minimum absolute atomic E-state index is 0.0143. The molecular formula is C21H28Cl2N4OS. The highest BCUT2D eigenvalue weighted by Crippen LogP contribution is 2.38. The maximum absolute atomic E-state index is 12.4. The van der Waals surface area contributed by atoms with Gasteiger partial charge in [-0.2, -0.15) is 0 Å². The lowest BCUT2D eigenvalue weighted by molar-refractivity contribution is -0.119. The molecule has 1 heterocycles. The zero-order chi connectivity index (χ0) is 21.0. The first-order valence-corrected chi connectivity index (χ1v) is 11.9. The number of carbonyl (C=O) groups excluding carboxylic acids is 1. The van der Waals surface area contributed by atoms with Gasteiger partial charge in [0.25, 0.3) is 0 Å². The van der Waals surface area contributed by atoms with Crippen LogP contribution >= 0.6 is 35.0 Å². The highest BCUT2D eigenvalue weighted by atomic mass is 35.5. The van der Waals surface area contributed by atoms with Crippen LogP contribution in [0.1, 0.15) is 58.9 Å². The van der Waals surface area contributed by atoms with Crippen molar-refractivity contribution in [2.45, 2.75) is 70.1 Å². The lowest BCUT2D eigenvalue weighted by Crippen LogP contribution is -2.37. The molecule has 1 saturated carbocycles. The normalized spacial score (nSPS) is 16.2. The Morgan fingerprint density at radius 2 is 1.93 bits per heavy atom. The van der Waals surface area contributed by atoms with Crippen molar-refractivity contribution in [1.29, 1.82) is 0 Å². The Labute approximate surface area is 186 Å². The van der Waals surface area contributed by atoms with Gasteiger partial charge < -0.3 is 5.32 Å². The standard InChI is InChI=1S/C21H28Cl2N4OS/c1-13(2)14(3)24-19(28)12-29-21-26-25-20(17-10-9-15(22)11-18(17)23)27(21)16-7-5-4-6-8-16/h9-11,13-14,16H,4-8,12H2,1-3H3,(H,24,28)/t14-/m1/s1. The number of rotatable bonds is 7. The molecule has 158 valence electrons. The van der Waals surface area contributed by atoms with Gasteiger partial charge >= 0.3 is 0 Å². The molecule has 1 atom stereocenters. The van der Waals surface area contributed by atoms with Crippen LogP contribution in [0.2, 0.25) is 10.0 Å². The molecule has 5 nitrogen and oxygen atoms in total. The first kappa shape index (κ1) is 22.4. The lowest BCUT2D eigenvalue weighted by atomic mass is 9.95. The van der Waals surface area contributed by atoms with Crippen molar-refractivity contribution in [3.8, 4) is 11.4 Å².